The lowest BCUT2D eigenvalue weighted by Gasteiger charge is -2.18. The summed E-state index contributed by atoms with van der Waals surface area (Å²) in [5.41, 5.74) is 1.56. The number of phenols is 1. The molecule has 28 heavy (non-hydrogen) atoms. The first-order chi connectivity index (χ1) is 13.5. The van der Waals surface area contributed by atoms with E-state index in [9.17, 15) is 9.90 Å². The van der Waals surface area contributed by atoms with Gasteiger partial charge in [0.25, 0.3) is 5.91 Å². The molecule has 2 rings (SSSR count). The van der Waals surface area contributed by atoms with Crippen molar-refractivity contribution in [1.29, 1.82) is 0 Å². The summed E-state index contributed by atoms with van der Waals surface area (Å²) < 4.78 is 0. The Morgan fingerprint density at radius 3 is 2.61 bits per heavy atom. The van der Waals surface area contributed by atoms with Crippen molar-refractivity contribution in [1.82, 2.24) is 16.0 Å². The molecule has 0 aromatic heterocycles. The van der Waals surface area contributed by atoms with Crippen molar-refractivity contribution in [2.45, 2.75) is 26.3 Å². The van der Waals surface area contributed by atoms with Gasteiger partial charge in [0.1, 0.15) is 5.75 Å². The molecule has 0 spiro atoms. The molecule has 1 amide bonds. The summed E-state index contributed by atoms with van der Waals surface area (Å²) in [6.45, 7) is 5.91. The molecule has 2 aromatic rings. The minimum atomic E-state index is -0.207. The Bertz CT molecular complexity index is 793. The van der Waals surface area contributed by atoms with Gasteiger partial charge in [-0.15, -0.1) is 0 Å². The Labute approximate surface area is 171 Å². The van der Waals surface area contributed by atoms with E-state index in [4.69, 9.17) is 11.6 Å². The summed E-state index contributed by atoms with van der Waals surface area (Å²) in [5.74, 6) is 0.596. The molecule has 0 saturated heterocycles. The third-order valence-corrected chi connectivity index (χ3v) is 4.32. The van der Waals surface area contributed by atoms with Crippen LogP contribution in [0, 0.1) is 0 Å². The number of rotatable bonds is 8. The van der Waals surface area contributed by atoms with E-state index in [1.165, 1.54) is 12.1 Å². The second kappa shape index (κ2) is 11.2. The largest absolute Gasteiger partial charge is 0.508 e. The van der Waals surface area contributed by atoms with Crippen molar-refractivity contribution >= 4 is 23.5 Å². The highest BCUT2D eigenvalue weighted by atomic mass is 35.5. The molecular formula is C21H27ClN4O2. The molecule has 0 heterocycles. The summed E-state index contributed by atoms with van der Waals surface area (Å²) in [6, 6.07) is 14.1. The van der Waals surface area contributed by atoms with Crippen molar-refractivity contribution in [3.05, 3.63) is 64.7 Å². The lowest BCUT2D eigenvalue weighted by molar-refractivity contribution is 0.0953. The van der Waals surface area contributed by atoms with Crippen molar-refractivity contribution in [3.8, 4) is 5.75 Å². The Balaban J connectivity index is 1.80. The van der Waals surface area contributed by atoms with Gasteiger partial charge in [0.2, 0.25) is 0 Å². The second-order valence-electron chi connectivity index (χ2n) is 6.34. The van der Waals surface area contributed by atoms with Crippen molar-refractivity contribution in [2.75, 3.05) is 19.6 Å². The number of carbonyl (C=O) groups is 1. The highest BCUT2D eigenvalue weighted by Gasteiger charge is 2.08. The van der Waals surface area contributed by atoms with Crippen LogP contribution in [-0.2, 0) is 0 Å². The monoisotopic (exact) mass is 402 g/mol. The average molecular weight is 403 g/mol. The van der Waals surface area contributed by atoms with Crippen LogP contribution in [0.3, 0.4) is 0 Å². The molecule has 6 nitrogen and oxygen atoms in total. The Kier molecular flexibility index (Phi) is 8.62. The van der Waals surface area contributed by atoms with Crippen LogP contribution in [0.5, 0.6) is 5.75 Å². The summed E-state index contributed by atoms with van der Waals surface area (Å²) in [6.07, 6.45) is 0.705. The van der Waals surface area contributed by atoms with E-state index < -0.39 is 0 Å². The van der Waals surface area contributed by atoms with Gasteiger partial charge in [-0.2, -0.15) is 0 Å². The molecule has 0 saturated carbocycles. The number of hydrogen-bond donors (Lipinski definition) is 4. The molecular weight excluding hydrogens is 376 g/mol. The summed E-state index contributed by atoms with van der Waals surface area (Å²) >= 11 is 5.94. The molecule has 2 aromatic carbocycles. The third-order valence-electron chi connectivity index (χ3n) is 4.07. The molecule has 0 aliphatic rings. The van der Waals surface area contributed by atoms with Crippen LogP contribution in [0.15, 0.2) is 53.5 Å². The third kappa shape index (κ3) is 7.12. The SMILES string of the molecule is CCNC(=NCCCNC(=O)c1cccc(O)c1)NC(C)c1ccc(Cl)cc1. The summed E-state index contributed by atoms with van der Waals surface area (Å²) in [4.78, 5) is 16.6. The quantitative estimate of drug-likeness (QED) is 0.309. The number of benzene rings is 2. The molecule has 0 bridgehead atoms. The molecule has 4 N–H and O–H groups in total. The Morgan fingerprint density at radius 1 is 1.18 bits per heavy atom. The number of amides is 1. The maximum Gasteiger partial charge on any atom is 0.251 e. The van der Waals surface area contributed by atoms with Crippen LogP contribution in [0.4, 0.5) is 0 Å². The number of phenolic OH excluding ortho intramolecular Hbond substituents is 1. The van der Waals surface area contributed by atoms with Gasteiger partial charge in [0.05, 0.1) is 6.04 Å². The molecule has 1 unspecified atom stereocenters. The minimum Gasteiger partial charge on any atom is -0.508 e. The Hall–Kier alpha value is -2.73. The van der Waals surface area contributed by atoms with Crippen LogP contribution in [0.2, 0.25) is 5.02 Å². The van der Waals surface area contributed by atoms with Gasteiger partial charge in [0, 0.05) is 30.2 Å². The zero-order chi connectivity index (χ0) is 20.4. The predicted octanol–water partition coefficient (Wildman–Crippen LogP) is 3.48. The first-order valence-electron chi connectivity index (χ1n) is 9.37. The van der Waals surface area contributed by atoms with Gasteiger partial charge >= 0.3 is 0 Å². The van der Waals surface area contributed by atoms with Gasteiger partial charge in [-0.25, -0.2) is 0 Å². The number of aliphatic imine (C=N–C) groups is 1. The molecule has 1 atom stereocenters. The van der Waals surface area contributed by atoms with Gasteiger partial charge in [0.15, 0.2) is 5.96 Å². The summed E-state index contributed by atoms with van der Waals surface area (Å²) in [5, 5.41) is 19.6. The molecule has 0 aliphatic heterocycles. The zero-order valence-corrected chi connectivity index (χ0v) is 17.0. The molecule has 0 aliphatic carbocycles. The predicted molar refractivity (Wildman–Crippen MR) is 114 cm³/mol. The number of aromatic hydroxyl groups is 1. The van der Waals surface area contributed by atoms with Crippen LogP contribution in [-0.4, -0.2) is 36.6 Å². The van der Waals surface area contributed by atoms with E-state index in [-0.39, 0.29) is 17.7 Å². The first kappa shape index (κ1) is 21.6. The standard InChI is InChI=1S/C21H27ClN4O2/c1-3-23-21(26-15(2)16-8-10-18(22)11-9-16)25-13-5-12-24-20(28)17-6-4-7-19(27)14-17/h4,6-11,14-15,27H,3,5,12-13H2,1-2H3,(H,24,28)(H2,23,25,26). The highest BCUT2D eigenvalue weighted by molar-refractivity contribution is 6.30. The van der Waals surface area contributed by atoms with Gasteiger partial charge < -0.3 is 21.1 Å². The number of hydrogen-bond acceptors (Lipinski definition) is 3. The van der Waals surface area contributed by atoms with E-state index >= 15 is 0 Å². The second-order valence-corrected chi connectivity index (χ2v) is 6.77. The van der Waals surface area contributed by atoms with E-state index in [1.807, 2.05) is 31.2 Å². The maximum atomic E-state index is 12.0. The molecule has 0 fully saturated rings. The van der Waals surface area contributed by atoms with E-state index in [1.54, 1.807) is 12.1 Å². The van der Waals surface area contributed by atoms with Crippen molar-refractivity contribution < 1.29 is 9.90 Å². The fraction of sp³-hybridized carbons (Fsp3) is 0.333. The topological polar surface area (TPSA) is 85.8 Å². The molecule has 7 heteroatoms. The van der Waals surface area contributed by atoms with Gasteiger partial charge in [-0.1, -0.05) is 29.8 Å². The van der Waals surface area contributed by atoms with E-state index in [0.717, 1.165) is 18.1 Å². The normalized spacial score (nSPS) is 12.3. The average Bonchev–Trinajstić information content (AvgIpc) is 2.68. The fourth-order valence-corrected chi connectivity index (χ4v) is 2.71. The van der Waals surface area contributed by atoms with Gasteiger partial charge in [-0.3, -0.25) is 9.79 Å². The number of carbonyl (C=O) groups excluding carboxylic acids is 1. The smallest absolute Gasteiger partial charge is 0.251 e. The van der Waals surface area contributed by atoms with E-state index in [0.29, 0.717) is 30.1 Å². The number of halogens is 1. The number of nitrogens with zero attached hydrogens (tertiary/aromatic N) is 1. The molecule has 0 radical (unpaired) electrons. The first-order valence-corrected chi connectivity index (χ1v) is 9.75. The van der Waals surface area contributed by atoms with Crippen LogP contribution < -0.4 is 16.0 Å². The van der Waals surface area contributed by atoms with Crippen molar-refractivity contribution in [2.24, 2.45) is 4.99 Å². The fourth-order valence-electron chi connectivity index (χ4n) is 2.58. The zero-order valence-electron chi connectivity index (χ0n) is 16.2. The van der Waals surface area contributed by atoms with Crippen LogP contribution >= 0.6 is 11.6 Å². The summed E-state index contributed by atoms with van der Waals surface area (Å²) in [7, 11) is 0. The highest BCUT2D eigenvalue weighted by Crippen LogP contribution is 2.15. The maximum absolute atomic E-state index is 12.0. The van der Waals surface area contributed by atoms with Crippen molar-refractivity contribution in [3.63, 3.8) is 0 Å². The lowest BCUT2D eigenvalue weighted by Crippen LogP contribution is -2.39. The lowest BCUT2D eigenvalue weighted by atomic mass is 10.1. The molecule has 150 valence electrons. The van der Waals surface area contributed by atoms with Gasteiger partial charge in [-0.05, 0) is 56.2 Å². The van der Waals surface area contributed by atoms with E-state index in [2.05, 4.69) is 27.9 Å². The number of nitrogens with one attached hydrogen (secondary N) is 3. The minimum absolute atomic E-state index is 0.0772. The number of guanidine groups is 1. The Morgan fingerprint density at radius 2 is 1.93 bits per heavy atom. The van der Waals surface area contributed by atoms with Crippen LogP contribution in [0.25, 0.3) is 0 Å². The van der Waals surface area contributed by atoms with Crippen LogP contribution in [0.1, 0.15) is 42.2 Å².